The Hall–Kier alpha value is -2.80. The Bertz CT molecular complexity index is 1170. The maximum atomic E-state index is 13.3. The van der Waals surface area contributed by atoms with Gasteiger partial charge < -0.3 is 15.2 Å². The van der Waals surface area contributed by atoms with E-state index >= 15 is 0 Å². The summed E-state index contributed by atoms with van der Waals surface area (Å²) in [6, 6.07) is 26.4. The van der Waals surface area contributed by atoms with Gasteiger partial charge in [-0.25, -0.2) is 4.79 Å². The van der Waals surface area contributed by atoms with Crippen molar-refractivity contribution in [1.29, 1.82) is 0 Å². The van der Waals surface area contributed by atoms with Crippen molar-refractivity contribution >= 4 is 39.2 Å². The second kappa shape index (κ2) is 12.8. The third-order valence-corrected chi connectivity index (χ3v) is 6.36. The monoisotopic (exact) mass is 576 g/mol. The van der Waals surface area contributed by atoms with Crippen LogP contribution in [-0.4, -0.2) is 45.1 Å². The molecule has 6 nitrogen and oxygen atoms in total. The van der Waals surface area contributed by atoms with E-state index < -0.39 is 10.9 Å². The van der Waals surface area contributed by atoms with Crippen LogP contribution in [-0.2, 0) is 32.6 Å². The molecule has 1 N–H and O–H groups in total. The van der Waals surface area contributed by atoms with Crippen molar-refractivity contribution in [2.24, 2.45) is 4.99 Å². The molecule has 2 atom stereocenters. The predicted octanol–water partition coefficient (Wildman–Crippen LogP) is 5.52. The van der Waals surface area contributed by atoms with Gasteiger partial charge in [0.15, 0.2) is 0 Å². The molecule has 184 valence electrons. The minimum absolute atomic E-state index is 0. The molecule has 1 fully saturated rings. The summed E-state index contributed by atoms with van der Waals surface area (Å²) in [5, 5.41) is 13.9. The van der Waals surface area contributed by atoms with Gasteiger partial charge in [0.2, 0.25) is 4.95 Å². The van der Waals surface area contributed by atoms with E-state index in [1.165, 1.54) is 0 Å². The van der Waals surface area contributed by atoms with Crippen LogP contribution < -0.4 is 0 Å². The zero-order valence-electron chi connectivity index (χ0n) is 18.9. The third-order valence-electron chi connectivity index (χ3n) is 5.76. The zero-order valence-corrected chi connectivity index (χ0v) is 21.4. The SMILES string of the molecule is O=C(O)C(Br)/N=C(\c1ccccc1)c1ccccc1[N-]C(=O)[C@@H]1CCCN1Cc1ccccc1.[Ni]. The van der Waals surface area contributed by atoms with Crippen molar-refractivity contribution in [2.75, 3.05) is 6.54 Å². The molecule has 0 aromatic heterocycles. The van der Waals surface area contributed by atoms with Crippen LogP contribution in [0.25, 0.3) is 5.32 Å². The molecule has 1 aliphatic rings. The van der Waals surface area contributed by atoms with Gasteiger partial charge in [-0.15, -0.1) is 5.69 Å². The molecule has 3 aromatic carbocycles. The van der Waals surface area contributed by atoms with Crippen molar-refractivity contribution in [3.8, 4) is 0 Å². The first-order valence-electron chi connectivity index (χ1n) is 11.2. The number of hydrogen-bond acceptors (Lipinski definition) is 4. The van der Waals surface area contributed by atoms with E-state index in [1.54, 1.807) is 6.07 Å². The molecular formula is C27H25BrN3NiO3-. The first kappa shape index (κ1) is 26.8. The quantitative estimate of drug-likeness (QED) is 0.165. The number of hydrogen-bond donors (Lipinski definition) is 1. The maximum Gasteiger partial charge on any atom is 0.339 e. The summed E-state index contributed by atoms with van der Waals surface area (Å²) in [4.78, 5) is 30.2. The smallest absolute Gasteiger partial charge is 0.339 e. The number of aliphatic imine (C=N–C) groups is 1. The number of para-hydroxylation sites is 1. The topological polar surface area (TPSA) is 84.1 Å². The molecule has 0 aliphatic carbocycles. The summed E-state index contributed by atoms with van der Waals surface area (Å²) in [6.45, 7) is 1.55. The van der Waals surface area contributed by atoms with E-state index in [4.69, 9.17) is 0 Å². The molecule has 1 unspecified atom stereocenters. The van der Waals surface area contributed by atoms with Crippen LogP contribution in [0.3, 0.4) is 0 Å². The number of amides is 1. The predicted molar refractivity (Wildman–Crippen MR) is 137 cm³/mol. The van der Waals surface area contributed by atoms with Crippen LogP contribution in [0, 0.1) is 0 Å². The summed E-state index contributed by atoms with van der Waals surface area (Å²) in [5.41, 5.74) is 3.46. The average Bonchev–Trinajstić information content (AvgIpc) is 3.32. The molecule has 0 bridgehead atoms. The van der Waals surface area contributed by atoms with Crippen LogP contribution in [0.4, 0.5) is 5.69 Å². The molecule has 4 rings (SSSR count). The number of aliphatic carboxylic acids is 1. The Morgan fingerprint density at radius 1 is 1.00 bits per heavy atom. The number of rotatable bonds is 8. The fourth-order valence-corrected chi connectivity index (χ4v) is 4.35. The standard InChI is InChI=1S/C27H26BrN3O3.Ni/c28-25(27(33)34)30-24(20-12-5-2-6-13-20)21-14-7-8-15-22(21)29-26(32)23-16-9-17-31(23)18-19-10-3-1-4-11-19;/h1-8,10-15,23,25H,9,16-18H2,(H2,29,30,32,33,34);/p-1/t23-,25?;/m0./s1. The van der Waals surface area contributed by atoms with Crippen molar-refractivity contribution in [3.63, 3.8) is 0 Å². The number of carboxylic acid groups (broad SMARTS) is 1. The molecule has 35 heavy (non-hydrogen) atoms. The van der Waals surface area contributed by atoms with Gasteiger partial charge in [-0.2, -0.15) is 0 Å². The van der Waals surface area contributed by atoms with E-state index in [2.05, 4.69) is 43.3 Å². The number of carbonyl (C=O) groups is 2. The van der Waals surface area contributed by atoms with E-state index in [0.29, 0.717) is 23.5 Å². The Labute approximate surface area is 223 Å². The number of carbonyl (C=O) groups excluding carboxylic acids is 1. The molecule has 3 aromatic rings. The van der Waals surface area contributed by atoms with Crippen LogP contribution in [0.5, 0.6) is 0 Å². The largest absolute Gasteiger partial charge is 0.625 e. The fraction of sp³-hybridized carbons (Fsp3) is 0.222. The van der Waals surface area contributed by atoms with Crippen LogP contribution in [0.1, 0.15) is 29.5 Å². The summed E-state index contributed by atoms with van der Waals surface area (Å²) < 4.78 is 0. The van der Waals surface area contributed by atoms with E-state index in [-0.39, 0.29) is 28.4 Å². The summed E-state index contributed by atoms with van der Waals surface area (Å²) in [7, 11) is 0. The number of alkyl halides is 1. The second-order valence-electron chi connectivity index (χ2n) is 8.10. The molecule has 1 amide bonds. The van der Waals surface area contributed by atoms with E-state index in [0.717, 1.165) is 30.5 Å². The van der Waals surface area contributed by atoms with Crippen molar-refractivity contribution < 1.29 is 31.2 Å². The third kappa shape index (κ3) is 6.88. The fourth-order valence-electron chi connectivity index (χ4n) is 4.14. The molecule has 8 heteroatoms. The van der Waals surface area contributed by atoms with Gasteiger partial charge in [-0.3, -0.25) is 9.89 Å². The van der Waals surface area contributed by atoms with Crippen molar-refractivity contribution in [2.45, 2.75) is 30.4 Å². The summed E-state index contributed by atoms with van der Waals surface area (Å²) in [5.74, 6) is -1.29. The Balaban J connectivity index is 0.00000342. The summed E-state index contributed by atoms with van der Waals surface area (Å²) in [6.07, 6.45) is 1.71. The van der Waals surface area contributed by atoms with Crippen molar-refractivity contribution in [1.82, 2.24) is 4.90 Å². The van der Waals surface area contributed by atoms with Gasteiger partial charge in [0, 0.05) is 28.6 Å². The number of halogens is 1. The Kier molecular flexibility index (Phi) is 9.78. The number of likely N-dealkylation sites (tertiary alicyclic amines) is 1. The van der Waals surface area contributed by atoms with Crippen LogP contribution >= 0.6 is 15.9 Å². The normalized spacial score (nSPS) is 16.8. The van der Waals surface area contributed by atoms with E-state index in [9.17, 15) is 14.7 Å². The molecule has 0 saturated carbocycles. The van der Waals surface area contributed by atoms with Crippen LogP contribution in [0.15, 0.2) is 89.9 Å². The minimum atomic E-state index is -1.12. The molecular weight excluding hydrogens is 553 g/mol. The van der Waals surface area contributed by atoms with Gasteiger partial charge in [0.1, 0.15) is 0 Å². The second-order valence-corrected chi connectivity index (χ2v) is 8.97. The number of nitrogens with zero attached hydrogens (tertiary/aromatic N) is 3. The Morgan fingerprint density at radius 3 is 2.31 bits per heavy atom. The number of carboxylic acids is 1. The summed E-state index contributed by atoms with van der Waals surface area (Å²) >= 11 is 3.11. The van der Waals surface area contributed by atoms with Gasteiger partial charge in [0.05, 0.1) is 17.7 Å². The molecule has 1 saturated heterocycles. The van der Waals surface area contributed by atoms with Gasteiger partial charge >= 0.3 is 5.97 Å². The molecule has 1 aliphatic heterocycles. The first-order valence-corrected chi connectivity index (χ1v) is 12.1. The molecule has 0 radical (unpaired) electrons. The minimum Gasteiger partial charge on any atom is -0.625 e. The van der Waals surface area contributed by atoms with E-state index in [1.807, 2.05) is 66.7 Å². The van der Waals surface area contributed by atoms with Crippen molar-refractivity contribution in [3.05, 3.63) is 107 Å². The first-order chi connectivity index (χ1) is 16.5. The van der Waals surface area contributed by atoms with Gasteiger partial charge in [-0.05, 0) is 30.5 Å². The molecule has 1 heterocycles. The number of benzene rings is 3. The van der Waals surface area contributed by atoms with Crippen LogP contribution in [0.2, 0.25) is 0 Å². The maximum absolute atomic E-state index is 13.3. The molecule has 0 spiro atoms. The van der Waals surface area contributed by atoms with Gasteiger partial charge in [-0.1, -0.05) is 101 Å². The Morgan fingerprint density at radius 2 is 1.63 bits per heavy atom. The van der Waals surface area contributed by atoms with Gasteiger partial charge in [0.25, 0.3) is 0 Å². The average molecular weight is 578 g/mol. The zero-order chi connectivity index (χ0) is 23.9.